The molecule has 1 N–H and O–H groups in total. The molecule has 0 aromatic carbocycles. The topological polar surface area (TPSA) is 29.9 Å². The van der Waals surface area contributed by atoms with Crippen molar-refractivity contribution < 1.29 is 0 Å². The van der Waals surface area contributed by atoms with Gasteiger partial charge in [0.1, 0.15) is 0 Å². The van der Waals surface area contributed by atoms with Gasteiger partial charge < -0.3 is 9.88 Å². The molecule has 1 saturated carbocycles. The standard InChI is InChI=1S/C15H27N3/c1-4-12-8-6-7-9-13(12)15(17-5-2)14-10-16-11-18(14)3/h10-13,15,17H,4-9H2,1-3H3. The lowest BCUT2D eigenvalue weighted by Gasteiger charge is -2.37. The lowest BCUT2D eigenvalue weighted by molar-refractivity contribution is 0.173. The molecule has 0 spiro atoms. The molecule has 1 heterocycles. The molecule has 18 heavy (non-hydrogen) atoms. The monoisotopic (exact) mass is 249 g/mol. The van der Waals surface area contributed by atoms with Gasteiger partial charge in [-0.1, -0.05) is 39.5 Å². The van der Waals surface area contributed by atoms with Crippen molar-refractivity contribution in [1.29, 1.82) is 0 Å². The van der Waals surface area contributed by atoms with E-state index in [9.17, 15) is 0 Å². The second-order valence-electron chi connectivity index (χ2n) is 5.58. The zero-order valence-corrected chi connectivity index (χ0v) is 12.0. The van der Waals surface area contributed by atoms with Gasteiger partial charge in [-0.3, -0.25) is 0 Å². The summed E-state index contributed by atoms with van der Waals surface area (Å²) in [4.78, 5) is 4.29. The van der Waals surface area contributed by atoms with Gasteiger partial charge >= 0.3 is 0 Å². The molecule has 1 aliphatic rings. The van der Waals surface area contributed by atoms with E-state index in [2.05, 4.69) is 35.8 Å². The number of hydrogen-bond donors (Lipinski definition) is 1. The third-order valence-electron chi connectivity index (χ3n) is 4.52. The van der Waals surface area contributed by atoms with Crippen LogP contribution in [0.4, 0.5) is 0 Å². The van der Waals surface area contributed by atoms with Crippen LogP contribution in [-0.2, 0) is 7.05 Å². The molecule has 1 fully saturated rings. The van der Waals surface area contributed by atoms with Crippen molar-refractivity contribution in [2.24, 2.45) is 18.9 Å². The van der Waals surface area contributed by atoms with Gasteiger partial charge in [-0.25, -0.2) is 4.98 Å². The maximum Gasteiger partial charge on any atom is 0.0946 e. The number of hydrogen-bond acceptors (Lipinski definition) is 2. The summed E-state index contributed by atoms with van der Waals surface area (Å²) in [6.45, 7) is 5.57. The molecule has 0 bridgehead atoms. The molecular formula is C15H27N3. The fourth-order valence-corrected chi connectivity index (χ4v) is 3.54. The molecule has 0 aliphatic heterocycles. The Kier molecular flexibility index (Phi) is 4.81. The first-order valence-electron chi connectivity index (χ1n) is 7.47. The molecule has 102 valence electrons. The summed E-state index contributed by atoms with van der Waals surface area (Å²) >= 11 is 0. The van der Waals surface area contributed by atoms with Crippen molar-refractivity contribution in [3.63, 3.8) is 0 Å². The van der Waals surface area contributed by atoms with E-state index in [0.717, 1.165) is 18.4 Å². The average molecular weight is 249 g/mol. The Hall–Kier alpha value is -0.830. The molecule has 0 saturated heterocycles. The largest absolute Gasteiger partial charge is 0.336 e. The molecule has 1 aliphatic carbocycles. The van der Waals surface area contributed by atoms with Crippen LogP contribution in [0.15, 0.2) is 12.5 Å². The number of nitrogens with one attached hydrogen (secondary N) is 1. The van der Waals surface area contributed by atoms with Crippen LogP contribution in [0, 0.1) is 11.8 Å². The molecule has 1 aromatic rings. The van der Waals surface area contributed by atoms with E-state index in [0.29, 0.717) is 6.04 Å². The van der Waals surface area contributed by atoms with Crippen LogP contribution < -0.4 is 5.32 Å². The molecule has 1 aromatic heterocycles. The van der Waals surface area contributed by atoms with Crippen molar-refractivity contribution in [3.8, 4) is 0 Å². The van der Waals surface area contributed by atoms with Gasteiger partial charge in [-0.05, 0) is 24.8 Å². The van der Waals surface area contributed by atoms with Crippen molar-refractivity contribution in [2.75, 3.05) is 6.54 Å². The minimum Gasteiger partial charge on any atom is -0.336 e. The van der Waals surface area contributed by atoms with E-state index in [1.54, 1.807) is 0 Å². The smallest absolute Gasteiger partial charge is 0.0946 e. The fraction of sp³-hybridized carbons (Fsp3) is 0.800. The highest BCUT2D eigenvalue weighted by Gasteiger charge is 2.32. The highest BCUT2D eigenvalue weighted by atomic mass is 15.1. The number of rotatable bonds is 5. The summed E-state index contributed by atoms with van der Waals surface area (Å²) in [5.74, 6) is 1.65. The predicted molar refractivity (Wildman–Crippen MR) is 75.4 cm³/mol. The van der Waals surface area contributed by atoms with Crippen molar-refractivity contribution in [1.82, 2.24) is 14.9 Å². The van der Waals surface area contributed by atoms with Gasteiger partial charge in [-0.15, -0.1) is 0 Å². The van der Waals surface area contributed by atoms with Crippen molar-refractivity contribution >= 4 is 0 Å². The van der Waals surface area contributed by atoms with E-state index in [4.69, 9.17) is 0 Å². The van der Waals surface area contributed by atoms with E-state index in [1.165, 1.54) is 37.8 Å². The highest BCUT2D eigenvalue weighted by Crippen LogP contribution is 2.40. The first kappa shape index (κ1) is 13.6. The van der Waals surface area contributed by atoms with Crippen molar-refractivity contribution in [3.05, 3.63) is 18.2 Å². The van der Waals surface area contributed by atoms with E-state index >= 15 is 0 Å². The number of nitrogens with zero attached hydrogens (tertiary/aromatic N) is 2. The zero-order valence-electron chi connectivity index (χ0n) is 12.0. The van der Waals surface area contributed by atoms with Crippen LogP contribution in [0.1, 0.15) is 57.7 Å². The molecule has 0 radical (unpaired) electrons. The van der Waals surface area contributed by atoms with Crippen LogP contribution >= 0.6 is 0 Å². The van der Waals surface area contributed by atoms with Gasteiger partial charge in [0, 0.05) is 13.2 Å². The van der Waals surface area contributed by atoms with E-state index in [1.807, 2.05) is 12.5 Å². The van der Waals surface area contributed by atoms with E-state index in [-0.39, 0.29) is 0 Å². The van der Waals surface area contributed by atoms with Gasteiger partial charge in [0.15, 0.2) is 0 Å². The van der Waals surface area contributed by atoms with E-state index < -0.39 is 0 Å². The molecule has 2 rings (SSSR count). The van der Waals surface area contributed by atoms with Crippen LogP contribution in [-0.4, -0.2) is 16.1 Å². The average Bonchev–Trinajstić information content (AvgIpc) is 2.82. The molecule has 3 unspecified atom stereocenters. The van der Waals surface area contributed by atoms with Gasteiger partial charge in [0.05, 0.1) is 18.1 Å². The quantitative estimate of drug-likeness (QED) is 0.868. The Balaban J connectivity index is 2.20. The molecule has 0 amide bonds. The molecule has 3 heteroatoms. The number of aromatic nitrogens is 2. The first-order valence-corrected chi connectivity index (χ1v) is 7.47. The zero-order chi connectivity index (χ0) is 13.0. The number of imidazole rings is 1. The first-order chi connectivity index (χ1) is 8.77. The maximum atomic E-state index is 4.29. The van der Waals surface area contributed by atoms with Gasteiger partial charge in [0.2, 0.25) is 0 Å². The van der Waals surface area contributed by atoms with Gasteiger partial charge in [0.25, 0.3) is 0 Å². The highest BCUT2D eigenvalue weighted by molar-refractivity contribution is 5.08. The lowest BCUT2D eigenvalue weighted by Crippen LogP contribution is -2.35. The Morgan fingerprint density at radius 3 is 2.78 bits per heavy atom. The van der Waals surface area contributed by atoms with Crippen LogP contribution in [0.5, 0.6) is 0 Å². The maximum absolute atomic E-state index is 4.29. The third kappa shape index (κ3) is 2.77. The molecule has 3 atom stereocenters. The van der Waals surface area contributed by atoms with Crippen molar-refractivity contribution in [2.45, 2.75) is 52.0 Å². The molecule has 3 nitrogen and oxygen atoms in total. The Morgan fingerprint density at radius 1 is 1.39 bits per heavy atom. The second-order valence-corrected chi connectivity index (χ2v) is 5.58. The minimum absolute atomic E-state index is 0.479. The lowest BCUT2D eigenvalue weighted by atomic mass is 9.73. The Labute approximate surface area is 111 Å². The summed E-state index contributed by atoms with van der Waals surface area (Å²) in [6.07, 6.45) is 10.8. The van der Waals surface area contributed by atoms with Gasteiger partial charge in [-0.2, -0.15) is 0 Å². The normalized spacial score (nSPS) is 26.2. The fourth-order valence-electron chi connectivity index (χ4n) is 3.54. The number of aryl methyl sites for hydroxylation is 1. The summed E-state index contributed by atoms with van der Waals surface area (Å²) in [7, 11) is 2.11. The van der Waals surface area contributed by atoms with Crippen LogP contribution in [0.2, 0.25) is 0 Å². The molecular weight excluding hydrogens is 222 g/mol. The minimum atomic E-state index is 0.479. The Bertz CT molecular complexity index is 358. The third-order valence-corrected chi connectivity index (χ3v) is 4.52. The summed E-state index contributed by atoms with van der Waals surface area (Å²) in [5.41, 5.74) is 1.35. The summed E-state index contributed by atoms with van der Waals surface area (Å²) in [6, 6.07) is 0.479. The van der Waals surface area contributed by atoms with Crippen LogP contribution in [0.25, 0.3) is 0 Å². The SMILES string of the molecule is CCNC(c1cncn1C)C1CCCCC1CC. The Morgan fingerprint density at radius 2 is 2.17 bits per heavy atom. The second kappa shape index (κ2) is 6.37. The van der Waals surface area contributed by atoms with Crippen LogP contribution in [0.3, 0.4) is 0 Å². The summed E-state index contributed by atoms with van der Waals surface area (Å²) < 4.78 is 2.18. The predicted octanol–water partition coefficient (Wildman–Crippen LogP) is 3.29. The summed E-state index contributed by atoms with van der Waals surface area (Å²) in [5, 5.41) is 3.70.